The Labute approximate surface area is 68.2 Å². The first kappa shape index (κ1) is 8.02. The van der Waals surface area contributed by atoms with Gasteiger partial charge in [-0.3, -0.25) is 0 Å². The van der Waals surface area contributed by atoms with E-state index in [1.807, 2.05) is 4.42 Å². The van der Waals surface area contributed by atoms with Crippen molar-refractivity contribution in [2.24, 2.45) is 0 Å². The monoisotopic (exact) mass is 131 g/mol. The van der Waals surface area contributed by atoms with Crippen molar-refractivity contribution in [2.45, 2.75) is 12.8 Å². The molecule has 0 amide bonds. The molecule has 0 saturated carbocycles. The van der Waals surface area contributed by atoms with Crippen LogP contribution in [-0.2, 0) is 0 Å². The molecule has 0 aromatic rings. The quantitative estimate of drug-likeness (QED) is 0.352. The van der Waals surface area contributed by atoms with Crippen molar-refractivity contribution < 1.29 is 2.85 Å². The van der Waals surface area contributed by atoms with Gasteiger partial charge in [0.25, 0.3) is 0 Å². The number of hydrogen-bond donors (Lipinski definition) is 0. The molecule has 7 heavy (non-hydrogen) atoms. The van der Waals surface area contributed by atoms with Crippen LogP contribution in [0.2, 0.25) is 0 Å². The van der Waals surface area contributed by atoms with Crippen LogP contribution in [0.25, 0.3) is 0 Å². The van der Waals surface area contributed by atoms with Crippen LogP contribution in [0.3, 0.4) is 0 Å². The summed E-state index contributed by atoms with van der Waals surface area (Å²) in [5, 5.41) is 0. The van der Waals surface area contributed by atoms with Crippen LogP contribution in [-0.4, -0.2) is 40.6 Å². The summed E-state index contributed by atoms with van der Waals surface area (Å²) in [5.74, 6) is 0. The average Bonchev–Trinajstić information content (AvgIpc) is 1.86. The molecule has 0 aromatic carbocycles. The van der Waals surface area contributed by atoms with E-state index in [9.17, 15) is 0 Å². The topological polar surface area (TPSA) is 3.24 Å². The second kappa shape index (κ2) is 3.95. The van der Waals surface area contributed by atoms with Gasteiger partial charge in [0.1, 0.15) is 0 Å². The number of halogens is 1. The third-order valence-electron chi connectivity index (χ3n) is 1.05. The van der Waals surface area contributed by atoms with Crippen LogP contribution in [0.1, 0.15) is 15.7 Å². The molecule has 0 atom stereocenters. The summed E-state index contributed by atoms with van der Waals surface area (Å²) in [6, 6.07) is 0. The Morgan fingerprint density at radius 3 is 1.86 bits per heavy atom. The molecule has 0 aliphatic carbocycles. The Hall–Kier alpha value is 1.02. The fourth-order valence-electron chi connectivity index (χ4n) is 0.679. The first-order valence-electron chi connectivity index (χ1n) is 2.30. The fraction of sp³-hybridized carbons (Fsp3) is 1.00. The molecule has 1 aliphatic rings. The largest absolute Gasteiger partial charge is 2.00 e. The van der Waals surface area contributed by atoms with E-state index in [0.29, 0.717) is 0 Å². The van der Waals surface area contributed by atoms with Crippen LogP contribution in [0.5, 0.6) is 0 Å². The Morgan fingerprint density at radius 1 is 1.29 bits per heavy atom. The van der Waals surface area contributed by atoms with Crippen LogP contribution < -0.4 is 0 Å². The first-order valence-corrected chi connectivity index (χ1v) is 2.64. The van der Waals surface area contributed by atoms with E-state index in [1.54, 1.807) is 0 Å². The van der Waals surface area contributed by atoms with Gasteiger partial charge in [0.05, 0.1) is 0 Å². The van der Waals surface area contributed by atoms with Crippen LogP contribution in [0, 0.1) is 0 Å². The molecule has 1 aliphatic heterocycles. The maximum atomic E-state index is 5.55. The summed E-state index contributed by atoms with van der Waals surface area (Å²) < 4.78 is 1.83. The van der Waals surface area contributed by atoms with Crippen LogP contribution in [0.15, 0.2) is 0 Å². The van der Waals surface area contributed by atoms with Crippen molar-refractivity contribution in [1.82, 2.24) is 4.42 Å². The van der Waals surface area contributed by atoms with Gasteiger partial charge in [0, 0.05) is 13.1 Å². The summed E-state index contributed by atoms with van der Waals surface area (Å²) in [7, 11) is 0. The van der Waals surface area contributed by atoms with E-state index in [1.165, 1.54) is 12.8 Å². The van der Waals surface area contributed by atoms with Crippen molar-refractivity contribution in [3.05, 3.63) is 0 Å². The molecule has 1 fully saturated rings. The molecule has 1 heterocycles. The smallest absolute Gasteiger partial charge is 1.00 e. The molecule has 40 valence electrons. The van der Waals surface area contributed by atoms with Gasteiger partial charge in [-0.1, -0.05) is 0 Å². The van der Waals surface area contributed by atoms with Crippen molar-refractivity contribution in [3.63, 3.8) is 0 Å². The number of hydrogen-bond acceptors (Lipinski definition) is 1. The second-order valence-electron chi connectivity index (χ2n) is 1.62. The van der Waals surface area contributed by atoms with E-state index in [-0.39, 0.29) is 25.9 Å². The molecule has 1 saturated heterocycles. The Kier molecular flexibility index (Phi) is 4.53. The summed E-state index contributed by atoms with van der Waals surface area (Å²) in [6.45, 7) is 2.17. The van der Waals surface area contributed by atoms with Crippen molar-refractivity contribution in [1.29, 1.82) is 0 Å². The molecular formula is C4H10ClMgN. The SMILES string of the molecule is ClN1CCCC1.[H-].[H-].[Mg+2]. The van der Waals surface area contributed by atoms with Gasteiger partial charge in [-0.05, 0) is 24.6 Å². The van der Waals surface area contributed by atoms with Gasteiger partial charge in [-0.2, -0.15) is 0 Å². The first-order chi connectivity index (χ1) is 2.89. The predicted molar refractivity (Wildman–Crippen MR) is 34.6 cm³/mol. The van der Waals surface area contributed by atoms with Gasteiger partial charge in [-0.25, -0.2) is 4.42 Å². The van der Waals surface area contributed by atoms with Crippen molar-refractivity contribution in [3.8, 4) is 0 Å². The van der Waals surface area contributed by atoms with Gasteiger partial charge in [0.2, 0.25) is 0 Å². The average molecular weight is 132 g/mol. The molecule has 0 N–H and O–H groups in total. The molecule has 0 radical (unpaired) electrons. The number of nitrogens with zero attached hydrogens (tertiary/aromatic N) is 1. The van der Waals surface area contributed by atoms with Gasteiger partial charge < -0.3 is 2.85 Å². The summed E-state index contributed by atoms with van der Waals surface area (Å²) in [6.07, 6.45) is 2.56. The minimum atomic E-state index is 0. The van der Waals surface area contributed by atoms with E-state index < -0.39 is 0 Å². The third kappa shape index (κ3) is 2.75. The zero-order valence-electron chi connectivity index (χ0n) is 6.36. The summed E-state index contributed by atoms with van der Waals surface area (Å²) in [4.78, 5) is 0. The van der Waals surface area contributed by atoms with Gasteiger partial charge in [0.15, 0.2) is 0 Å². The standard InChI is InChI=1S/C4H8ClN.Mg.2H/c5-6-3-1-2-4-6;;;/h1-4H2;;;/q;+2;2*-1. The van der Waals surface area contributed by atoms with Gasteiger partial charge >= 0.3 is 23.1 Å². The van der Waals surface area contributed by atoms with E-state index in [0.717, 1.165) is 13.1 Å². The molecule has 0 aromatic heterocycles. The van der Waals surface area contributed by atoms with Crippen molar-refractivity contribution >= 4 is 34.8 Å². The maximum Gasteiger partial charge on any atom is 2.00 e. The molecule has 1 rings (SSSR count). The maximum absolute atomic E-state index is 5.55. The molecule has 0 unspecified atom stereocenters. The summed E-state index contributed by atoms with van der Waals surface area (Å²) in [5.41, 5.74) is 0. The van der Waals surface area contributed by atoms with E-state index >= 15 is 0 Å². The fourth-order valence-corrected chi connectivity index (χ4v) is 0.918. The Balaban J connectivity index is -0.000000120. The van der Waals surface area contributed by atoms with Crippen LogP contribution in [0.4, 0.5) is 0 Å². The predicted octanol–water partition coefficient (Wildman–Crippen LogP) is 1.08. The molecule has 1 nitrogen and oxygen atoms in total. The van der Waals surface area contributed by atoms with Crippen LogP contribution >= 0.6 is 11.8 Å². The minimum absolute atomic E-state index is 0. The Morgan fingerprint density at radius 2 is 1.71 bits per heavy atom. The zero-order chi connectivity index (χ0) is 4.41. The third-order valence-corrected chi connectivity index (χ3v) is 1.39. The van der Waals surface area contributed by atoms with E-state index in [2.05, 4.69) is 0 Å². The van der Waals surface area contributed by atoms with E-state index in [4.69, 9.17) is 11.8 Å². The normalized spacial score (nSPS) is 21.9. The molecule has 3 heteroatoms. The summed E-state index contributed by atoms with van der Waals surface area (Å²) >= 11 is 5.55. The molecule has 0 spiro atoms. The number of rotatable bonds is 0. The van der Waals surface area contributed by atoms with Gasteiger partial charge in [-0.15, -0.1) is 0 Å². The van der Waals surface area contributed by atoms with Crippen molar-refractivity contribution in [2.75, 3.05) is 13.1 Å². The minimum Gasteiger partial charge on any atom is -1.00 e. The second-order valence-corrected chi connectivity index (χ2v) is 2.10. The zero-order valence-corrected chi connectivity index (χ0v) is 6.53. The molecule has 0 bridgehead atoms. The molecular weight excluding hydrogens is 122 g/mol. The Bertz CT molecular complexity index is 51.8.